The van der Waals surface area contributed by atoms with Crippen molar-refractivity contribution in [1.29, 1.82) is 0 Å². The van der Waals surface area contributed by atoms with Crippen molar-refractivity contribution in [3.8, 4) is 28.7 Å². The first-order valence-electron chi connectivity index (χ1n) is 12.9. The van der Waals surface area contributed by atoms with Crippen LogP contribution in [0.2, 0.25) is 0 Å². The highest BCUT2D eigenvalue weighted by atomic mass is 16.5. The van der Waals surface area contributed by atoms with E-state index in [1.165, 1.54) is 0 Å². The van der Waals surface area contributed by atoms with Gasteiger partial charge in [-0.25, -0.2) is 5.01 Å². The number of para-hydroxylation sites is 1. The van der Waals surface area contributed by atoms with Crippen molar-refractivity contribution >= 4 is 5.71 Å². The number of nitrogens with zero attached hydrogens (tertiary/aromatic N) is 2. The van der Waals surface area contributed by atoms with Gasteiger partial charge in [0.05, 0.1) is 33.1 Å². The summed E-state index contributed by atoms with van der Waals surface area (Å²) in [5.41, 5.74) is 5.08. The number of methoxy groups -OCH3 is 3. The van der Waals surface area contributed by atoms with E-state index < -0.39 is 6.23 Å². The summed E-state index contributed by atoms with van der Waals surface area (Å²) in [6.07, 6.45) is 0.307. The average molecular weight is 523 g/mol. The first-order chi connectivity index (χ1) is 19.2. The molecule has 0 saturated heterocycles. The molecule has 0 aliphatic carbocycles. The van der Waals surface area contributed by atoms with Gasteiger partial charge in [0.15, 0.2) is 23.0 Å². The van der Waals surface area contributed by atoms with Gasteiger partial charge in [-0.1, -0.05) is 48.5 Å². The van der Waals surface area contributed by atoms with Gasteiger partial charge < -0.3 is 23.7 Å². The molecule has 7 heteroatoms. The van der Waals surface area contributed by atoms with Gasteiger partial charge in [0, 0.05) is 23.1 Å². The lowest BCUT2D eigenvalue weighted by molar-refractivity contribution is -0.0191. The van der Waals surface area contributed by atoms with Crippen molar-refractivity contribution in [2.24, 2.45) is 5.10 Å². The molecule has 0 amide bonds. The number of benzene rings is 4. The van der Waals surface area contributed by atoms with Gasteiger partial charge in [-0.05, 0) is 48.0 Å². The molecule has 0 spiro atoms. The zero-order chi connectivity index (χ0) is 26.8. The third-order valence-corrected chi connectivity index (χ3v) is 7.13. The molecule has 0 radical (unpaired) electrons. The van der Waals surface area contributed by atoms with Gasteiger partial charge in [0.25, 0.3) is 0 Å². The van der Waals surface area contributed by atoms with Crippen LogP contribution in [0.3, 0.4) is 0 Å². The highest BCUT2D eigenvalue weighted by Gasteiger charge is 2.41. The summed E-state index contributed by atoms with van der Waals surface area (Å²) < 4.78 is 29.3. The Balaban J connectivity index is 1.33. The van der Waals surface area contributed by atoms with E-state index in [9.17, 15) is 0 Å². The van der Waals surface area contributed by atoms with Crippen LogP contribution in [0.4, 0.5) is 0 Å². The standard InChI is InChI=1S/C32H30N2O5/c1-35-28-15-13-22(17-30(28)36-2)25-19-26-24-11-7-8-12-27(24)39-32(34(26)33-25)23-14-16-29(31(18-23)37-3)38-20-21-9-5-4-6-10-21/h4-18,26,32H,19-20H2,1-3H3/t26-,32-/m0/s1. The van der Waals surface area contributed by atoms with E-state index >= 15 is 0 Å². The second kappa shape index (κ2) is 10.6. The minimum atomic E-state index is -0.431. The third-order valence-electron chi connectivity index (χ3n) is 7.13. The number of hydrogen-bond donors (Lipinski definition) is 0. The summed E-state index contributed by atoms with van der Waals surface area (Å²) >= 11 is 0. The van der Waals surface area contributed by atoms with Crippen molar-refractivity contribution in [3.05, 3.63) is 113 Å². The fourth-order valence-electron chi connectivity index (χ4n) is 5.14. The molecule has 2 aliphatic rings. The third kappa shape index (κ3) is 4.72. The van der Waals surface area contributed by atoms with Crippen LogP contribution in [-0.2, 0) is 6.61 Å². The lowest BCUT2D eigenvalue weighted by Gasteiger charge is -2.38. The zero-order valence-electron chi connectivity index (χ0n) is 22.2. The van der Waals surface area contributed by atoms with Crippen LogP contribution in [0.25, 0.3) is 0 Å². The SMILES string of the molecule is COc1ccc(C2=NN3[C@@H](C2)c2ccccc2O[C@H]3c2ccc(OCc3ccccc3)c(OC)c2)cc1OC. The quantitative estimate of drug-likeness (QED) is 0.262. The molecule has 4 aromatic rings. The van der Waals surface area contributed by atoms with E-state index in [-0.39, 0.29) is 6.04 Å². The monoisotopic (exact) mass is 522 g/mol. The van der Waals surface area contributed by atoms with Crippen molar-refractivity contribution in [3.63, 3.8) is 0 Å². The van der Waals surface area contributed by atoms with Crippen LogP contribution in [0.5, 0.6) is 28.7 Å². The topological polar surface area (TPSA) is 61.8 Å². The van der Waals surface area contributed by atoms with Crippen molar-refractivity contribution < 1.29 is 23.7 Å². The fourth-order valence-corrected chi connectivity index (χ4v) is 5.14. The fraction of sp³-hybridized carbons (Fsp3) is 0.219. The van der Waals surface area contributed by atoms with Crippen molar-refractivity contribution in [1.82, 2.24) is 5.01 Å². The zero-order valence-corrected chi connectivity index (χ0v) is 22.2. The van der Waals surface area contributed by atoms with Crippen LogP contribution in [0.1, 0.15) is 40.9 Å². The van der Waals surface area contributed by atoms with Crippen LogP contribution < -0.4 is 23.7 Å². The van der Waals surface area contributed by atoms with Crippen LogP contribution >= 0.6 is 0 Å². The predicted octanol–water partition coefficient (Wildman–Crippen LogP) is 6.53. The van der Waals surface area contributed by atoms with Gasteiger partial charge in [-0.3, -0.25) is 0 Å². The Morgan fingerprint density at radius 3 is 2.28 bits per heavy atom. The molecule has 7 nitrogen and oxygen atoms in total. The molecule has 0 bridgehead atoms. The van der Waals surface area contributed by atoms with Crippen LogP contribution in [-0.4, -0.2) is 32.0 Å². The van der Waals surface area contributed by atoms with Gasteiger partial charge in [-0.2, -0.15) is 5.10 Å². The molecule has 2 aliphatic heterocycles. The van der Waals surface area contributed by atoms with Gasteiger partial charge >= 0.3 is 0 Å². The number of fused-ring (bicyclic) bond motifs is 3. The summed E-state index contributed by atoms with van der Waals surface area (Å²) in [4.78, 5) is 0. The average Bonchev–Trinajstić information content (AvgIpc) is 3.45. The molecule has 4 aromatic carbocycles. The maximum atomic E-state index is 6.54. The number of ether oxygens (including phenoxy) is 5. The van der Waals surface area contributed by atoms with Crippen LogP contribution in [0.15, 0.2) is 96.1 Å². The maximum absolute atomic E-state index is 6.54. The molecule has 0 unspecified atom stereocenters. The summed E-state index contributed by atoms with van der Waals surface area (Å²) in [6.45, 7) is 0.455. The summed E-state index contributed by atoms with van der Waals surface area (Å²) in [5, 5.41) is 7.13. The Morgan fingerprint density at radius 2 is 1.49 bits per heavy atom. The molecular weight excluding hydrogens is 492 g/mol. The first-order valence-corrected chi connectivity index (χ1v) is 12.9. The Kier molecular flexibility index (Phi) is 6.71. The molecule has 198 valence electrons. The highest BCUT2D eigenvalue weighted by Crippen LogP contribution is 2.48. The molecule has 6 rings (SSSR count). The summed E-state index contributed by atoms with van der Waals surface area (Å²) in [5.74, 6) is 3.54. The number of hydrazone groups is 1. The lowest BCUT2D eigenvalue weighted by Crippen LogP contribution is -2.33. The largest absolute Gasteiger partial charge is 0.493 e. The minimum absolute atomic E-state index is 0.0306. The van der Waals surface area contributed by atoms with E-state index in [2.05, 4.69) is 6.07 Å². The molecule has 0 aromatic heterocycles. The Hall–Kier alpha value is -4.65. The molecule has 39 heavy (non-hydrogen) atoms. The molecule has 0 N–H and O–H groups in total. The van der Waals surface area contributed by atoms with Crippen molar-refractivity contribution in [2.75, 3.05) is 21.3 Å². The van der Waals surface area contributed by atoms with E-state index in [1.54, 1.807) is 21.3 Å². The second-order valence-corrected chi connectivity index (χ2v) is 9.41. The lowest BCUT2D eigenvalue weighted by atomic mass is 9.95. The smallest absolute Gasteiger partial charge is 0.214 e. The summed E-state index contributed by atoms with van der Waals surface area (Å²) in [7, 11) is 4.93. The molecule has 2 atom stereocenters. The molecule has 2 heterocycles. The van der Waals surface area contributed by atoms with E-state index in [1.807, 2.05) is 89.9 Å². The maximum Gasteiger partial charge on any atom is 0.214 e. The van der Waals surface area contributed by atoms with Crippen LogP contribution in [0, 0.1) is 0 Å². The highest BCUT2D eigenvalue weighted by molar-refractivity contribution is 6.02. The van der Waals surface area contributed by atoms with E-state index in [0.29, 0.717) is 29.6 Å². The second-order valence-electron chi connectivity index (χ2n) is 9.41. The molecule has 0 fully saturated rings. The number of hydrogen-bond acceptors (Lipinski definition) is 7. The van der Waals surface area contributed by atoms with Gasteiger partial charge in [0.1, 0.15) is 12.4 Å². The number of rotatable bonds is 8. The van der Waals surface area contributed by atoms with E-state index in [0.717, 1.165) is 40.1 Å². The Bertz CT molecular complexity index is 1500. The van der Waals surface area contributed by atoms with E-state index in [4.69, 9.17) is 28.8 Å². The first kappa shape index (κ1) is 24.7. The predicted molar refractivity (Wildman–Crippen MR) is 149 cm³/mol. The summed E-state index contributed by atoms with van der Waals surface area (Å²) in [6, 6.07) is 30.1. The molecular formula is C32H30N2O5. The minimum Gasteiger partial charge on any atom is -0.493 e. The van der Waals surface area contributed by atoms with Crippen molar-refractivity contribution in [2.45, 2.75) is 25.3 Å². The Labute approximate surface area is 228 Å². The molecule has 0 saturated carbocycles. The normalized spacial score (nSPS) is 17.4. The van der Waals surface area contributed by atoms with Gasteiger partial charge in [-0.15, -0.1) is 0 Å². The Morgan fingerprint density at radius 1 is 0.769 bits per heavy atom. The van der Waals surface area contributed by atoms with Gasteiger partial charge in [0.2, 0.25) is 6.23 Å².